The van der Waals surface area contributed by atoms with Crippen LogP contribution in [-0.2, 0) is 6.42 Å². The SMILES string of the molecule is Fc1cc(NCCCc2ccccc2)ncn1. The van der Waals surface area contributed by atoms with E-state index >= 15 is 0 Å². The van der Waals surface area contributed by atoms with Crippen LogP contribution in [0.1, 0.15) is 12.0 Å². The van der Waals surface area contributed by atoms with Gasteiger partial charge in [0.25, 0.3) is 0 Å². The molecule has 0 bridgehead atoms. The van der Waals surface area contributed by atoms with E-state index in [1.54, 1.807) is 0 Å². The summed E-state index contributed by atoms with van der Waals surface area (Å²) in [6.07, 6.45) is 3.20. The molecule has 4 heteroatoms. The van der Waals surface area contributed by atoms with E-state index in [0.717, 1.165) is 19.4 Å². The molecule has 0 saturated carbocycles. The molecule has 2 rings (SSSR count). The lowest BCUT2D eigenvalue weighted by atomic mass is 10.1. The number of nitrogens with one attached hydrogen (secondary N) is 1. The molecule has 0 amide bonds. The Kier molecular flexibility index (Phi) is 4.02. The Labute approximate surface area is 99.7 Å². The summed E-state index contributed by atoms with van der Waals surface area (Å²) in [5, 5.41) is 3.06. The van der Waals surface area contributed by atoms with Gasteiger partial charge in [-0.1, -0.05) is 30.3 Å². The summed E-state index contributed by atoms with van der Waals surface area (Å²) in [4.78, 5) is 7.32. The average molecular weight is 231 g/mol. The Morgan fingerprint density at radius 2 is 1.94 bits per heavy atom. The van der Waals surface area contributed by atoms with Gasteiger partial charge in [-0.2, -0.15) is 4.39 Å². The highest BCUT2D eigenvalue weighted by Crippen LogP contribution is 2.05. The fourth-order valence-corrected chi connectivity index (χ4v) is 1.58. The number of hydrogen-bond donors (Lipinski definition) is 1. The third-order valence-corrected chi connectivity index (χ3v) is 2.42. The molecule has 0 aliphatic rings. The molecule has 3 nitrogen and oxygen atoms in total. The largest absolute Gasteiger partial charge is 0.370 e. The van der Waals surface area contributed by atoms with E-state index in [4.69, 9.17) is 0 Å². The van der Waals surface area contributed by atoms with E-state index in [-0.39, 0.29) is 0 Å². The van der Waals surface area contributed by atoms with Crippen LogP contribution in [0.4, 0.5) is 10.2 Å². The summed E-state index contributed by atoms with van der Waals surface area (Å²) in [5.41, 5.74) is 1.31. The minimum Gasteiger partial charge on any atom is -0.370 e. The molecule has 1 aromatic heterocycles. The third kappa shape index (κ3) is 3.83. The zero-order valence-electron chi connectivity index (χ0n) is 9.44. The maximum atomic E-state index is 12.8. The lowest BCUT2D eigenvalue weighted by molar-refractivity contribution is 0.580. The normalized spacial score (nSPS) is 10.2. The van der Waals surface area contributed by atoms with Crippen molar-refractivity contribution in [3.8, 4) is 0 Å². The molecule has 0 aliphatic carbocycles. The van der Waals surface area contributed by atoms with Crippen molar-refractivity contribution in [2.24, 2.45) is 0 Å². The fourth-order valence-electron chi connectivity index (χ4n) is 1.58. The van der Waals surface area contributed by atoms with Crippen molar-refractivity contribution in [3.05, 3.63) is 54.2 Å². The second-order valence-corrected chi connectivity index (χ2v) is 3.74. The first-order valence-electron chi connectivity index (χ1n) is 5.60. The maximum absolute atomic E-state index is 12.8. The second-order valence-electron chi connectivity index (χ2n) is 3.74. The Hall–Kier alpha value is -1.97. The van der Waals surface area contributed by atoms with Gasteiger partial charge in [-0.15, -0.1) is 0 Å². The van der Waals surface area contributed by atoms with Crippen LogP contribution in [0, 0.1) is 5.95 Å². The van der Waals surface area contributed by atoms with E-state index < -0.39 is 5.95 Å². The second kappa shape index (κ2) is 5.94. The van der Waals surface area contributed by atoms with Gasteiger partial charge in [-0.05, 0) is 18.4 Å². The van der Waals surface area contributed by atoms with Crippen molar-refractivity contribution in [2.75, 3.05) is 11.9 Å². The van der Waals surface area contributed by atoms with Gasteiger partial charge in [0.1, 0.15) is 12.1 Å². The molecule has 1 aromatic carbocycles. The van der Waals surface area contributed by atoms with Crippen LogP contribution in [0.15, 0.2) is 42.7 Å². The van der Waals surface area contributed by atoms with Crippen LogP contribution >= 0.6 is 0 Å². The smallest absolute Gasteiger partial charge is 0.217 e. The molecule has 0 fully saturated rings. The Morgan fingerprint density at radius 1 is 1.12 bits per heavy atom. The van der Waals surface area contributed by atoms with Crippen LogP contribution in [0.2, 0.25) is 0 Å². The topological polar surface area (TPSA) is 37.8 Å². The first kappa shape index (κ1) is 11.5. The summed E-state index contributed by atoms with van der Waals surface area (Å²) in [6, 6.07) is 11.6. The minimum atomic E-state index is -0.509. The average Bonchev–Trinajstić information content (AvgIpc) is 2.36. The van der Waals surface area contributed by atoms with Gasteiger partial charge in [0.15, 0.2) is 0 Å². The van der Waals surface area contributed by atoms with Crippen LogP contribution in [0.5, 0.6) is 0 Å². The minimum absolute atomic E-state index is 0.509. The lowest BCUT2D eigenvalue weighted by Gasteiger charge is -2.05. The van der Waals surface area contributed by atoms with E-state index in [0.29, 0.717) is 5.82 Å². The number of nitrogens with zero attached hydrogens (tertiary/aromatic N) is 2. The van der Waals surface area contributed by atoms with Crippen molar-refractivity contribution in [1.82, 2.24) is 9.97 Å². The van der Waals surface area contributed by atoms with Crippen LogP contribution in [-0.4, -0.2) is 16.5 Å². The highest BCUT2D eigenvalue weighted by molar-refractivity contribution is 5.31. The van der Waals surface area contributed by atoms with Crippen molar-refractivity contribution >= 4 is 5.82 Å². The molecule has 88 valence electrons. The molecule has 1 heterocycles. The van der Waals surface area contributed by atoms with E-state index in [2.05, 4.69) is 27.4 Å². The molecule has 2 aromatic rings. The van der Waals surface area contributed by atoms with Gasteiger partial charge in [0.2, 0.25) is 5.95 Å². The van der Waals surface area contributed by atoms with Gasteiger partial charge in [0.05, 0.1) is 0 Å². The van der Waals surface area contributed by atoms with Crippen LogP contribution < -0.4 is 5.32 Å². The number of aryl methyl sites for hydroxylation is 1. The fraction of sp³-hybridized carbons (Fsp3) is 0.231. The third-order valence-electron chi connectivity index (χ3n) is 2.42. The monoisotopic (exact) mass is 231 g/mol. The summed E-state index contributed by atoms with van der Waals surface area (Å²) in [5.74, 6) is 0.0242. The predicted octanol–water partition coefficient (Wildman–Crippen LogP) is 2.66. The Morgan fingerprint density at radius 3 is 2.71 bits per heavy atom. The zero-order chi connectivity index (χ0) is 11.9. The van der Waals surface area contributed by atoms with Crippen LogP contribution in [0.3, 0.4) is 0 Å². The summed E-state index contributed by atoms with van der Waals surface area (Å²) >= 11 is 0. The molecule has 1 N–H and O–H groups in total. The molecule has 0 radical (unpaired) electrons. The molecule has 0 saturated heterocycles. The zero-order valence-corrected chi connectivity index (χ0v) is 9.44. The lowest BCUT2D eigenvalue weighted by Crippen LogP contribution is -2.05. The maximum Gasteiger partial charge on any atom is 0.217 e. The van der Waals surface area contributed by atoms with Gasteiger partial charge in [-0.3, -0.25) is 0 Å². The molecule has 0 unspecified atom stereocenters. The van der Waals surface area contributed by atoms with Gasteiger partial charge >= 0.3 is 0 Å². The first-order chi connectivity index (χ1) is 8.34. The molecular weight excluding hydrogens is 217 g/mol. The van der Waals surface area contributed by atoms with Crippen molar-refractivity contribution in [1.29, 1.82) is 0 Å². The molecule has 0 spiro atoms. The van der Waals surface area contributed by atoms with Crippen molar-refractivity contribution < 1.29 is 4.39 Å². The van der Waals surface area contributed by atoms with Gasteiger partial charge in [0, 0.05) is 12.6 Å². The quantitative estimate of drug-likeness (QED) is 0.635. The number of benzene rings is 1. The summed E-state index contributed by atoms with van der Waals surface area (Å²) < 4.78 is 12.8. The number of halogens is 1. The van der Waals surface area contributed by atoms with E-state index in [9.17, 15) is 4.39 Å². The van der Waals surface area contributed by atoms with Gasteiger partial charge in [-0.25, -0.2) is 9.97 Å². The summed E-state index contributed by atoms with van der Waals surface area (Å²) in [7, 11) is 0. The number of anilines is 1. The standard InChI is InChI=1S/C13H14FN3/c14-12-9-13(17-10-16-12)15-8-4-7-11-5-2-1-3-6-11/h1-3,5-6,9-10H,4,7-8H2,(H,15,16,17). The summed E-state index contributed by atoms with van der Waals surface area (Å²) in [6.45, 7) is 0.769. The highest BCUT2D eigenvalue weighted by atomic mass is 19.1. The number of rotatable bonds is 5. The predicted molar refractivity (Wildman–Crippen MR) is 65.2 cm³/mol. The highest BCUT2D eigenvalue weighted by Gasteiger charge is 1.97. The molecule has 0 aliphatic heterocycles. The molecule has 17 heavy (non-hydrogen) atoms. The number of hydrogen-bond acceptors (Lipinski definition) is 3. The van der Waals surface area contributed by atoms with Crippen molar-refractivity contribution in [3.63, 3.8) is 0 Å². The Balaban J connectivity index is 1.73. The van der Waals surface area contributed by atoms with E-state index in [1.807, 2.05) is 18.2 Å². The van der Waals surface area contributed by atoms with Crippen LogP contribution in [0.25, 0.3) is 0 Å². The first-order valence-corrected chi connectivity index (χ1v) is 5.60. The number of aromatic nitrogens is 2. The Bertz CT molecular complexity index is 459. The molecular formula is C13H14FN3. The van der Waals surface area contributed by atoms with E-state index in [1.165, 1.54) is 18.0 Å². The van der Waals surface area contributed by atoms with Crippen molar-refractivity contribution in [2.45, 2.75) is 12.8 Å². The van der Waals surface area contributed by atoms with Gasteiger partial charge < -0.3 is 5.32 Å². The molecule has 0 atom stereocenters.